The number of imide groups is 1. The summed E-state index contributed by atoms with van der Waals surface area (Å²) in [5.74, 6) is -0.137. The fraction of sp³-hybridized carbons (Fsp3) is 0.267. The Hall–Kier alpha value is -4.09. The number of hydrogen-bond donors (Lipinski definition) is 0. The summed E-state index contributed by atoms with van der Waals surface area (Å²) in [6.45, 7) is 1.26. The van der Waals surface area contributed by atoms with Crippen LogP contribution >= 0.6 is 11.8 Å². The van der Waals surface area contributed by atoms with Crippen LogP contribution in [-0.2, 0) is 16.2 Å². The molecule has 0 spiro atoms. The van der Waals surface area contributed by atoms with Crippen molar-refractivity contribution in [2.45, 2.75) is 32.3 Å². The number of ether oxygens (including phenoxy) is 1. The lowest BCUT2D eigenvalue weighted by Crippen LogP contribution is -2.42. The molecule has 0 unspecified atom stereocenters. The molecule has 2 saturated heterocycles. The molecule has 7 nitrogen and oxygen atoms in total. The van der Waals surface area contributed by atoms with Crippen molar-refractivity contribution >= 4 is 45.7 Å². The molecule has 0 N–H and O–H groups in total. The normalized spacial score (nSPS) is 17.1. The van der Waals surface area contributed by atoms with Gasteiger partial charge in [0.25, 0.3) is 11.1 Å². The molecule has 0 aromatic heterocycles. The highest BCUT2D eigenvalue weighted by molar-refractivity contribution is 8.18. The Kier molecular flexibility index (Phi) is 7.75. The van der Waals surface area contributed by atoms with Gasteiger partial charge in [-0.05, 0) is 53.6 Å². The third kappa shape index (κ3) is 5.43. The van der Waals surface area contributed by atoms with Crippen LogP contribution < -0.4 is 4.74 Å². The molecule has 3 aromatic carbocycles. The van der Waals surface area contributed by atoms with Crippen molar-refractivity contribution in [1.29, 1.82) is 5.26 Å². The number of hydrogen-bond acceptors (Lipinski definition) is 6. The highest BCUT2D eigenvalue weighted by Gasteiger charge is 2.37. The monoisotopic (exact) mass is 525 g/mol. The summed E-state index contributed by atoms with van der Waals surface area (Å²) in [7, 11) is 0. The van der Waals surface area contributed by atoms with Gasteiger partial charge in [-0.15, -0.1) is 0 Å². The standard InChI is InChI=1S/C30H27N3O4S/c31-18-22-10-3-4-11-23(22)20-37-26-14-13-21-9-5-6-12-24(21)25(26)17-27-29(35)33(30(36)38-27)19-28(34)32-15-7-1-2-8-16-32/h3-6,9-14,17H,1-2,7-8,15-16,19-20H2. The van der Waals surface area contributed by atoms with Gasteiger partial charge in [-0.1, -0.05) is 61.4 Å². The van der Waals surface area contributed by atoms with Crippen LogP contribution in [0.5, 0.6) is 5.75 Å². The van der Waals surface area contributed by atoms with Crippen LogP contribution in [0.1, 0.15) is 42.4 Å². The van der Waals surface area contributed by atoms with E-state index in [1.165, 1.54) is 0 Å². The summed E-state index contributed by atoms with van der Waals surface area (Å²) in [5.41, 5.74) is 1.95. The molecule has 5 rings (SSSR count). The number of carbonyl (C=O) groups excluding carboxylic acids is 3. The lowest BCUT2D eigenvalue weighted by Gasteiger charge is -2.22. The molecule has 0 bridgehead atoms. The maximum absolute atomic E-state index is 13.3. The molecule has 3 amide bonds. The van der Waals surface area contributed by atoms with Crippen LogP contribution in [0, 0.1) is 11.3 Å². The van der Waals surface area contributed by atoms with Crippen LogP contribution in [0.25, 0.3) is 16.8 Å². The molecule has 38 heavy (non-hydrogen) atoms. The minimum Gasteiger partial charge on any atom is -0.488 e. The van der Waals surface area contributed by atoms with E-state index in [2.05, 4.69) is 6.07 Å². The summed E-state index contributed by atoms with van der Waals surface area (Å²) in [6.07, 6.45) is 5.74. The van der Waals surface area contributed by atoms with Crippen LogP contribution in [-0.4, -0.2) is 46.5 Å². The fourth-order valence-electron chi connectivity index (χ4n) is 4.78. The van der Waals surface area contributed by atoms with Crippen LogP contribution in [0.2, 0.25) is 0 Å². The number of nitriles is 1. The Morgan fingerprint density at radius 3 is 2.50 bits per heavy atom. The number of amides is 3. The largest absolute Gasteiger partial charge is 0.488 e. The molecular formula is C30H27N3O4S. The smallest absolute Gasteiger partial charge is 0.294 e. The van der Waals surface area contributed by atoms with Crippen molar-refractivity contribution in [3.63, 3.8) is 0 Å². The molecule has 2 heterocycles. The number of rotatable bonds is 6. The molecule has 3 aromatic rings. The Morgan fingerprint density at radius 1 is 0.974 bits per heavy atom. The maximum Gasteiger partial charge on any atom is 0.294 e. The van der Waals surface area contributed by atoms with E-state index < -0.39 is 11.1 Å². The molecule has 0 atom stereocenters. The summed E-state index contributed by atoms with van der Waals surface area (Å²) in [6, 6.07) is 20.9. The average molecular weight is 526 g/mol. The minimum absolute atomic E-state index is 0.175. The molecule has 0 saturated carbocycles. The van der Waals surface area contributed by atoms with Gasteiger partial charge in [-0.2, -0.15) is 5.26 Å². The van der Waals surface area contributed by atoms with Crippen LogP contribution in [0.3, 0.4) is 0 Å². The summed E-state index contributed by atoms with van der Waals surface area (Å²) in [4.78, 5) is 42.0. The number of benzene rings is 3. The van der Waals surface area contributed by atoms with Crippen molar-refractivity contribution in [3.8, 4) is 11.8 Å². The van der Waals surface area contributed by atoms with Crippen LogP contribution in [0.15, 0.2) is 65.6 Å². The first kappa shape index (κ1) is 25.6. The van der Waals surface area contributed by atoms with Gasteiger partial charge in [0.1, 0.15) is 18.9 Å². The van der Waals surface area contributed by atoms with Gasteiger partial charge in [0.15, 0.2) is 0 Å². The predicted octanol–water partition coefficient (Wildman–Crippen LogP) is 5.73. The Morgan fingerprint density at radius 2 is 1.71 bits per heavy atom. The average Bonchev–Trinajstić information content (AvgIpc) is 3.12. The fourth-order valence-corrected chi connectivity index (χ4v) is 5.60. The molecular weight excluding hydrogens is 498 g/mol. The molecule has 2 aliphatic heterocycles. The van der Waals surface area contributed by atoms with Crippen molar-refractivity contribution < 1.29 is 19.1 Å². The highest BCUT2D eigenvalue weighted by Crippen LogP contribution is 2.37. The van der Waals surface area contributed by atoms with Crippen molar-refractivity contribution in [2.24, 2.45) is 0 Å². The summed E-state index contributed by atoms with van der Waals surface area (Å²) < 4.78 is 6.15. The summed E-state index contributed by atoms with van der Waals surface area (Å²) in [5, 5.41) is 10.8. The second-order valence-electron chi connectivity index (χ2n) is 9.32. The van der Waals surface area contributed by atoms with Gasteiger partial charge in [-0.3, -0.25) is 19.3 Å². The Labute approximate surface area is 225 Å². The third-order valence-electron chi connectivity index (χ3n) is 6.85. The van der Waals surface area contributed by atoms with Crippen LogP contribution in [0.4, 0.5) is 4.79 Å². The van der Waals surface area contributed by atoms with Gasteiger partial charge in [0.2, 0.25) is 5.91 Å². The first-order valence-corrected chi connectivity index (χ1v) is 13.5. The van der Waals surface area contributed by atoms with Gasteiger partial charge < -0.3 is 9.64 Å². The van der Waals surface area contributed by atoms with E-state index in [0.717, 1.165) is 58.7 Å². The number of nitrogens with zero attached hydrogens (tertiary/aromatic N) is 3. The Balaban J connectivity index is 1.42. The first-order chi connectivity index (χ1) is 18.5. The minimum atomic E-state index is -0.475. The third-order valence-corrected chi connectivity index (χ3v) is 7.76. The molecule has 0 radical (unpaired) electrons. The van der Waals surface area contributed by atoms with Gasteiger partial charge in [-0.25, -0.2) is 0 Å². The summed E-state index contributed by atoms with van der Waals surface area (Å²) >= 11 is 0.836. The highest BCUT2D eigenvalue weighted by atomic mass is 32.2. The van der Waals surface area contributed by atoms with Gasteiger partial charge in [0.05, 0.1) is 16.5 Å². The molecule has 2 fully saturated rings. The number of likely N-dealkylation sites (tertiary alicyclic amines) is 1. The van der Waals surface area contributed by atoms with Crippen molar-refractivity contribution in [1.82, 2.24) is 9.80 Å². The first-order valence-electron chi connectivity index (χ1n) is 12.7. The molecule has 192 valence electrons. The second kappa shape index (κ2) is 11.5. The zero-order valence-corrected chi connectivity index (χ0v) is 21.7. The van der Waals surface area contributed by atoms with E-state index in [-0.39, 0.29) is 24.0 Å². The number of fused-ring (bicyclic) bond motifs is 1. The predicted molar refractivity (Wildman–Crippen MR) is 147 cm³/mol. The van der Waals surface area contributed by atoms with Crippen molar-refractivity contribution in [2.75, 3.05) is 19.6 Å². The molecule has 2 aliphatic rings. The SMILES string of the molecule is N#Cc1ccccc1COc1ccc2ccccc2c1C=C1SC(=O)N(CC(=O)N2CCCCCC2)C1=O. The molecule has 8 heteroatoms. The maximum atomic E-state index is 13.3. The second-order valence-corrected chi connectivity index (χ2v) is 10.3. The zero-order chi connectivity index (χ0) is 26.5. The number of carbonyl (C=O) groups is 3. The van der Waals surface area contributed by atoms with E-state index in [0.29, 0.717) is 30.0 Å². The van der Waals surface area contributed by atoms with Gasteiger partial charge in [0, 0.05) is 24.2 Å². The van der Waals surface area contributed by atoms with E-state index >= 15 is 0 Å². The topological polar surface area (TPSA) is 90.7 Å². The lowest BCUT2D eigenvalue weighted by molar-refractivity contribution is -0.135. The quantitative estimate of drug-likeness (QED) is 0.382. The van der Waals surface area contributed by atoms with Crippen molar-refractivity contribution in [3.05, 3.63) is 82.3 Å². The van der Waals surface area contributed by atoms with E-state index in [4.69, 9.17) is 4.74 Å². The lowest BCUT2D eigenvalue weighted by atomic mass is 10.0. The van der Waals surface area contributed by atoms with E-state index in [1.807, 2.05) is 48.5 Å². The van der Waals surface area contributed by atoms with E-state index in [1.54, 1.807) is 23.1 Å². The Bertz CT molecular complexity index is 1470. The van der Waals surface area contributed by atoms with Gasteiger partial charge >= 0.3 is 0 Å². The number of thioether (sulfide) groups is 1. The molecule has 0 aliphatic carbocycles. The van der Waals surface area contributed by atoms with E-state index in [9.17, 15) is 19.6 Å². The zero-order valence-electron chi connectivity index (χ0n) is 20.9.